The molecule has 4 heteroatoms. The molecule has 1 aromatic heterocycles. The molecule has 0 fully saturated rings. The van der Waals surface area contributed by atoms with Crippen LogP contribution < -0.4 is 5.32 Å². The van der Waals surface area contributed by atoms with Crippen molar-refractivity contribution in [2.24, 2.45) is 11.3 Å². The maximum atomic E-state index is 11.8. The number of nitrogens with one attached hydrogen (secondary N) is 1. The second kappa shape index (κ2) is 5.63. The van der Waals surface area contributed by atoms with Crippen molar-refractivity contribution in [1.82, 2.24) is 4.98 Å². The molecule has 0 aliphatic heterocycles. The molecule has 1 N–H and O–H groups in total. The lowest BCUT2D eigenvalue weighted by Crippen LogP contribution is -2.18. The lowest BCUT2D eigenvalue weighted by molar-refractivity contribution is -0.117. The van der Waals surface area contributed by atoms with Crippen molar-refractivity contribution in [1.29, 1.82) is 0 Å². The van der Waals surface area contributed by atoms with E-state index in [-0.39, 0.29) is 11.3 Å². The Labute approximate surface area is 108 Å². The topological polar surface area (TPSA) is 42.0 Å². The molecule has 1 heterocycles. The van der Waals surface area contributed by atoms with Crippen molar-refractivity contribution >= 4 is 22.4 Å². The summed E-state index contributed by atoms with van der Waals surface area (Å²) >= 11 is 1.48. The van der Waals surface area contributed by atoms with Gasteiger partial charge in [0.15, 0.2) is 5.13 Å². The van der Waals surface area contributed by atoms with Crippen molar-refractivity contribution in [2.75, 3.05) is 5.32 Å². The summed E-state index contributed by atoms with van der Waals surface area (Å²) in [6.07, 6.45) is 1.62. The average Bonchev–Trinajstić information content (AvgIpc) is 2.46. The first-order valence-corrected chi connectivity index (χ1v) is 6.86. The molecule has 1 rings (SSSR count). The second-order valence-electron chi connectivity index (χ2n) is 5.92. The van der Waals surface area contributed by atoms with Crippen molar-refractivity contribution in [3.05, 3.63) is 11.1 Å². The maximum absolute atomic E-state index is 11.8. The second-order valence-corrected chi connectivity index (χ2v) is 6.77. The monoisotopic (exact) mass is 254 g/mol. The predicted octanol–water partition coefficient (Wildman–Crippen LogP) is 3.85. The Morgan fingerprint density at radius 3 is 2.65 bits per heavy atom. The van der Waals surface area contributed by atoms with E-state index in [9.17, 15) is 4.79 Å². The van der Waals surface area contributed by atoms with Gasteiger partial charge < -0.3 is 5.32 Å². The highest BCUT2D eigenvalue weighted by Crippen LogP contribution is 2.26. The largest absolute Gasteiger partial charge is 0.302 e. The van der Waals surface area contributed by atoms with Crippen molar-refractivity contribution < 1.29 is 4.79 Å². The molecule has 1 amide bonds. The summed E-state index contributed by atoms with van der Waals surface area (Å²) in [5.74, 6) is 0.465. The number of anilines is 1. The molecule has 3 nitrogen and oxygen atoms in total. The summed E-state index contributed by atoms with van der Waals surface area (Å²) in [4.78, 5) is 16.0. The number of aryl methyl sites for hydroxylation is 1. The molecule has 1 aromatic rings. The number of hydrogen-bond donors (Lipinski definition) is 1. The highest BCUT2D eigenvalue weighted by molar-refractivity contribution is 7.13. The predicted molar refractivity (Wildman–Crippen MR) is 73.3 cm³/mol. The normalized spacial score (nSPS) is 13.5. The third-order valence-electron chi connectivity index (χ3n) is 2.36. The number of hydrogen-bond acceptors (Lipinski definition) is 3. The first-order chi connectivity index (χ1) is 7.76. The van der Waals surface area contributed by atoms with Gasteiger partial charge in [-0.3, -0.25) is 4.79 Å². The zero-order valence-corrected chi connectivity index (χ0v) is 12.1. The minimum absolute atomic E-state index is 0.0658. The average molecular weight is 254 g/mol. The highest BCUT2D eigenvalue weighted by Gasteiger charge is 2.18. The number of rotatable bonds is 4. The molecule has 17 heavy (non-hydrogen) atoms. The summed E-state index contributed by atoms with van der Waals surface area (Å²) < 4.78 is 0. The van der Waals surface area contributed by atoms with E-state index in [1.807, 2.05) is 12.3 Å². The number of carbonyl (C=O) groups is 1. The third kappa shape index (κ3) is 5.82. The molecular formula is C13H22N2OS. The van der Waals surface area contributed by atoms with E-state index in [0.29, 0.717) is 17.5 Å². The van der Waals surface area contributed by atoms with E-state index < -0.39 is 0 Å². The van der Waals surface area contributed by atoms with Crippen LogP contribution in [0.4, 0.5) is 5.13 Å². The van der Waals surface area contributed by atoms with Gasteiger partial charge in [-0.05, 0) is 24.7 Å². The van der Waals surface area contributed by atoms with Crippen LogP contribution in [-0.2, 0) is 4.79 Å². The number of amides is 1. The summed E-state index contributed by atoms with van der Waals surface area (Å²) in [6.45, 7) is 10.6. The summed E-state index contributed by atoms with van der Waals surface area (Å²) in [6, 6.07) is 0. The number of carbonyl (C=O) groups excluding carboxylic acids is 1. The van der Waals surface area contributed by atoms with E-state index in [1.165, 1.54) is 11.3 Å². The Bertz CT molecular complexity index is 379. The van der Waals surface area contributed by atoms with E-state index >= 15 is 0 Å². The van der Waals surface area contributed by atoms with Crippen molar-refractivity contribution in [2.45, 2.75) is 47.5 Å². The Kier molecular flexibility index (Phi) is 4.69. The third-order valence-corrected chi connectivity index (χ3v) is 3.24. The van der Waals surface area contributed by atoms with Crippen molar-refractivity contribution in [3.8, 4) is 0 Å². The lowest BCUT2D eigenvalue weighted by atomic mass is 9.84. The van der Waals surface area contributed by atoms with Gasteiger partial charge in [0.1, 0.15) is 0 Å². The summed E-state index contributed by atoms with van der Waals surface area (Å²) in [5.41, 5.74) is 1.23. The Balaban J connectivity index is 2.39. The molecule has 0 aliphatic carbocycles. The van der Waals surface area contributed by atoms with E-state index in [2.05, 4.69) is 38.0 Å². The van der Waals surface area contributed by atoms with Gasteiger partial charge >= 0.3 is 0 Å². The van der Waals surface area contributed by atoms with Gasteiger partial charge in [0.25, 0.3) is 0 Å². The molecule has 0 saturated carbocycles. The summed E-state index contributed by atoms with van der Waals surface area (Å²) in [5, 5.41) is 5.49. The fourth-order valence-electron chi connectivity index (χ4n) is 2.02. The van der Waals surface area contributed by atoms with Crippen LogP contribution in [0.2, 0.25) is 0 Å². The zero-order valence-electron chi connectivity index (χ0n) is 11.3. The molecule has 0 radical (unpaired) electrons. The van der Waals surface area contributed by atoms with Crippen LogP contribution in [0.3, 0.4) is 0 Å². The molecule has 1 unspecified atom stereocenters. The minimum Gasteiger partial charge on any atom is -0.302 e. The first-order valence-electron chi connectivity index (χ1n) is 5.98. The molecule has 0 aliphatic rings. The van der Waals surface area contributed by atoms with Gasteiger partial charge in [-0.25, -0.2) is 4.98 Å². The number of thiazole rings is 1. The van der Waals surface area contributed by atoms with Crippen LogP contribution in [0.15, 0.2) is 5.38 Å². The molecule has 0 aromatic carbocycles. The Hall–Kier alpha value is -0.900. The standard InChI is InChI=1S/C13H22N2OS/c1-9(7-13(3,4)5)6-11(16)15-12-14-10(2)8-17-12/h8-9H,6-7H2,1-5H3,(H,14,15,16). The summed E-state index contributed by atoms with van der Waals surface area (Å²) in [7, 11) is 0. The minimum atomic E-state index is 0.0658. The number of nitrogens with zero attached hydrogens (tertiary/aromatic N) is 1. The van der Waals surface area contributed by atoms with Crippen LogP contribution in [-0.4, -0.2) is 10.9 Å². The van der Waals surface area contributed by atoms with Gasteiger partial charge in [-0.1, -0.05) is 27.7 Å². The van der Waals surface area contributed by atoms with E-state index in [4.69, 9.17) is 0 Å². The fourth-order valence-corrected chi connectivity index (χ4v) is 2.72. The molecular weight excluding hydrogens is 232 g/mol. The van der Waals surface area contributed by atoms with Gasteiger partial charge in [0.2, 0.25) is 5.91 Å². The molecule has 0 spiro atoms. The SMILES string of the molecule is Cc1csc(NC(=O)CC(C)CC(C)(C)C)n1. The van der Waals surface area contributed by atoms with E-state index in [0.717, 1.165) is 12.1 Å². The molecule has 1 atom stereocenters. The number of aromatic nitrogens is 1. The van der Waals surface area contributed by atoms with Crippen LogP contribution in [0.25, 0.3) is 0 Å². The van der Waals surface area contributed by atoms with Gasteiger partial charge in [0.05, 0.1) is 5.69 Å². The molecule has 0 bridgehead atoms. The van der Waals surface area contributed by atoms with Gasteiger partial charge in [-0.2, -0.15) is 0 Å². The van der Waals surface area contributed by atoms with Crippen LogP contribution in [0.1, 0.15) is 46.2 Å². The first kappa shape index (κ1) is 14.2. The van der Waals surface area contributed by atoms with Crippen LogP contribution >= 0.6 is 11.3 Å². The highest BCUT2D eigenvalue weighted by atomic mass is 32.1. The van der Waals surface area contributed by atoms with Crippen LogP contribution in [0.5, 0.6) is 0 Å². The van der Waals surface area contributed by atoms with Gasteiger partial charge in [-0.15, -0.1) is 11.3 Å². The fraction of sp³-hybridized carbons (Fsp3) is 0.692. The maximum Gasteiger partial charge on any atom is 0.226 e. The Morgan fingerprint density at radius 2 is 2.18 bits per heavy atom. The zero-order chi connectivity index (χ0) is 13.1. The molecule has 0 saturated heterocycles. The molecule has 96 valence electrons. The smallest absolute Gasteiger partial charge is 0.226 e. The van der Waals surface area contributed by atoms with Crippen molar-refractivity contribution in [3.63, 3.8) is 0 Å². The van der Waals surface area contributed by atoms with E-state index in [1.54, 1.807) is 0 Å². The lowest BCUT2D eigenvalue weighted by Gasteiger charge is -2.22. The Morgan fingerprint density at radius 1 is 1.53 bits per heavy atom. The quantitative estimate of drug-likeness (QED) is 0.886. The van der Waals surface area contributed by atoms with Gasteiger partial charge in [0, 0.05) is 11.8 Å². The van der Waals surface area contributed by atoms with Crippen LogP contribution in [0, 0.1) is 18.3 Å².